The average molecular weight is 379 g/mol. The molecule has 1 saturated heterocycles. The lowest BCUT2D eigenvalue weighted by molar-refractivity contribution is 0.0179. The van der Waals surface area contributed by atoms with Crippen LogP contribution in [0.2, 0.25) is 0 Å². The average Bonchev–Trinajstić information content (AvgIpc) is 2.64. The molecule has 3 N–H and O–H groups in total. The van der Waals surface area contributed by atoms with Crippen molar-refractivity contribution in [2.75, 3.05) is 19.7 Å². The molecule has 0 spiro atoms. The topological polar surface area (TPSA) is 121 Å². The summed E-state index contributed by atoms with van der Waals surface area (Å²) in [5.74, 6) is 0.757. The molecule has 2 heterocycles. The molecule has 0 unspecified atom stereocenters. The summed E-state index contributed by atoms with van der Waals surface area (Å²) in [5.41, 5.74) is 1.50. The lowest BCUT2D eigenvalue weighted by Crippen LogP contribution is -2.41. The summed E-state index contributed by atoms with van der Waals surface area (Å²) in [6.45, 7) is 7.64. The van der Waals surface area contributed by atoms with E-state index in [2.05, 4.69) is 10.2 Å². The quantitative estimate of drug-likeness (QED) is 0.301. The summed E-state index contributed by atoms with van der Waals surface area (Å²) in [4.78, 5) is 13.8. The highest BCUT2D eigenvalue weighted by atomic mass is 16.6. The van der Waals surface area contributed by atoms with Crippen LogP contribution in [0.5, 0.6) is 5.88 Å². The van der Waals surface area contributed by atoms with Crippen LogP contribution in [0.3, 0.4) is 0 Å². The molecule has 27 heavy (non-hydrogen) atoms. The largest absolute Gasteiger partial charge is 0.477 e. The molecule has 1 aliphatic rings. The highest BCUT2D eigenvalue weighted by Gasteiger charge is 2.26. The van der Waals surface area contributed by atoms with Crippen molar-refractivity contribution in [1.29, 1.82) is 5.41 Å². The van der Waals surface area contributed by atoms with Gasteiger partial charge in [-0.3, -0.25) is 16.1 Å². The van der Waals surface area contributed by atoms with Gasteiger partial charge in [0.1, 0.15) is 11.3 Å². The zero-order valence-corrected chi connectivity index (χ0v) is 16.2. The highest BCUT2D eigenvalue weighted by molar-refractivity contribution is 5.93. The van der Waals surface area contributed by atoms with Gasteiger partial charge in [0, 0.05) is 19.2 Å². The van der Waals surface area contributed by atoms with Crippen molar-refractivity contribution in [2.45, 2.75) is 52.1 Å². The number of amidine groups is 1. The van der Waals surface area contributed by atoms with E-state index in [0.29, 0.717) is 18.4 Å². The van der Waals surface area contributed by atoms with Crippen LogP contribution in [-0.2, 0) is 4.74 Å². The molecule has 1 aromatic heterocycles. The van der Waals surface area contributed by atoms with E-state index < -0.39 is 5.60 Å². The third-order valence-corrected chi connectivity index (χ3v) is 4.28. The standard InChI is InChI=1S/C18H29N5O4/c1-18(2,3)27-17(24)23-10-8-13(9-11-23)5-4-12-26-15-7-6-14(20-21-15)16(19)22-25/h6-7,13,25H,4-5,8-12H2,1-3H3,(H2,19,22). The van der Waals surface area contributed by atoms with Crippen LogP contribution in [-0.4, -0.2) is 57.5 Å². The maximum atomic E-state index is 12.1. The van der Waals surface area contributed by atoms with Gasteiger partial charge in [-0.2, -0.15) is 0 Å². The molecule has 0 saturated carbocycles. The fourth-order valence-corrected chi connectivity index (χ4v) is 2.87. The minimum Gasteiger partial charge on any atom is -0.477 e. The summed E-state index contributed by atoms with van der Waals surface area (Å²) in [6, 6.07) is 3.17. The van der Waals surface area contributed by atoms with Crippen molar-refractivity contribution in [1.82, 2.24) is 20.6 Å². The van der Waals surface area contributed by atoms with Gasteiger partial charge in [-0.15, -0.1) is 10.2 Å². The number of hydrogen-bond donors (Lipinski definition) is 3. The Kier molecular flexibility index (Phi) is 7.35. The number of rotatable bonds is 6. The van der Waals surface area contributed by atoms with Crippen LogP contribution in [0.25, 0.3) is 0 Å². The third-order valence-electron chi connectivity index (χ3n) is 4.28. The first-order valence-corrected chi connectivity index (χ1v) is 9.22. The zero-order valence-electron chi connectivity index (χ0n) is 16.2. The molecular weight excluding hydrogens is 350 g/mol. The van der Waals surface area contributed by atoms with Crippen LogP contribution in [0.1, 0.15) is 52.1 Å². The first-order valence-electron chi connectivity index (χ1n) is 9.22. The molecule has 1 aliphatic heterocycles. The molecule has 1 amide bonds. The number of likely N-dealkylation sites (tertiary alicyclic amines) is 1. The lowest BCUT2D eigenvalue weighted by atomic mass is 9.92. The molecule has 9 nitrogen and oxygen atoms in total. The van der Waals surface area contributed by atoms with Gasteiger partial charge in [0.2, 0.25) is 5.88 Å². The smallest absolute Gasteiger partial charge is 0.410 e. The minimum atomic E-state index is -0.457. The van der Waals surface area contributed by atoms with Crippen molar-refractivity contribution in [3.05, 3.63) is 17.8 Å². The van der Waals surface area contributed by atoms with E-state index in [1.54, 1.807) is 22.5 Å². The van der Waals surface area contributed by atoms with Crippen molar-refractivity contribution in [3.63, 3.8) is 0 Å². The Morgan fingerprint density at radius 3 is 2.59 bits per heavy atom. The second kappa shape index (κ2) is 9.50. The van der Waals surface area contributed by atoms with Crippen LogP contribution in [0.4, 0.5) is 4.79 Å². The third kappa shape index (κ3) is 7.01. The van der Waals surface area contributed by atoms with Gasteiger partial charge in [0.25, 0.3) is 0 Å². The Labute approximate surface area is 159 Å². The van der Waals surface area contributed by atoms with E-state index in [0.717, 1.165) is 38.8 Å². The molecule has 1 fully saturated rings. The van der Waals surface area contributed by atoms with Gasteiger partial charge >= 0.3 is 6.09 Å². The molecule has 2 rings (SSSR count). The molecule has 0 aromatic carbocycles. The number of piperidine rings is 1. The summed E-state index contributed by atoms with van der Waals surface area (Å²) < 4.78 is 11.0. The molecule has 9 heteroatoms. The van der Waals surface area contributed by atoms with E-state index >= 15 is 0 Å². The summed E-state index contributed by atoms with van der Waals surface area (Å²) in [6.07, 6.45) is 3.66. The second-order valence-electron chi connectivity index (χ2n) is 7.65. The van der Waals surface area contributed by atoms with Crippen LogP contribution in [0, 0.1) is 11.3 Å². The number of carbonyl (C=O) groups excluding carboxylic acids is 1. The summed E-state index contributed by atoms with van der Waals surface area (Å²) >= 11 is 0. The number of nitrogens with one attached hydrogen (secondary N) is 2. The molecule has 0 aliphatic carbocycles. The predicted molar refractivity (Wildman–Crippen MR) is 99.0 cm³/mol. The van der Waals surface area contributed by atoms with E-state index in [1.165, 1.54) is 0 Å². The molecule has 1 aromatic rings. The number of aromatic nitrogens is 2. The Balaban J connectivity index is 1.63. The summed E-state index contributed by atoms with van der Waals surface area (Å²) in [5, 5.41) is 23.7. The number of ether oxygens (including phenoxy) is 2. The number of hydroxylamine groups is 1. The Morgan fingerprint density at radius 1 is 1.33 bits per heavy atom. The number of nitrogens with zero attached hydrogens (tertiary/aromatic N) is 3. The Hall–Kier alpha value is -2.42. The van der Waals surface area contributed by atoms with Crippen molar-refractivity contribution >= 4 is 11.9 Å². The number of amides is 1. The first-order chi connectivity index (χ1) is 12.8. The fraction of sp³-hybridized carbons (Fsp3) is 0.667. The number of carbonyl (C=O) groups is 1. The fourth-order valence-electron chi connectivity index (χ4n) is 2.87. The maximum Gasteiger partial charge on any atom is 0.410 e. The van der Waals surface area contributed by atoms with Crippen molar-refractivity contribution in [3.8, 4) is 5.88 Å². The minimum absolute atomic E-state index is 0.216. The van der Waals surface area contributed by atoms with E-state index in [4.69, 9.17) is 20.1 Å². The second-order valence-corrected chi connectivity index (χ2v) is 7.65. The van der Waals surface area contributed by atoms with Gasteiger partial charge in [0.15, 0.2) is 5.84 Å². The Morgan fingerprint density at radius 2 is 2.04 bits per heavy atom. The molecule has 0 atom stereocenters. The summed E-state index contributed by atoms with van der Waals surface area (Å²) in [7, 11) is 0. The van der Waals surface area contributed by atoms with Crippen LogP contribution in [0.15, 0.2) is 12.1 Å². The highest BCUT2D eigenvalue weighted by Crippen LogP contribution is 2.23. The SMILES string of the molecule is CC(C)(C)OC(=O)N1CCC(CCCOc2ccc(C(=N)NO)nn2)CC1. The van der Waals surface area contributed by atoms with Gasteiger partial charge in [-0.1, -0.05) is 0 Å². The molecule has 150 valence electrons. The molecule has 0 radical (unpaired) electrons. The van der Waals surface area contributed by atoms with Gasteiger partial charge in [-0.05, 0) is 58.4 Å². The van der Waals surface area contributed by atoms with E-state index in [9.17, 15) is 4.79 Å². The monoisotopic (exact) mass is 379 g/mol. The number of hydrogen-bond acceptors (Lipinski definition) is 7. The molecule has 0 bridgehead atoms. The van der Waals surface area contributed by atoms with E-state index in [1.807, 2.05) is 20.8 Å². The van der Waals surface area contributed by atoms with Crippen LogP contribution < -0.4 is 10.2 Å². The predicted octanol–water partition coefficient (Wildman–Crippen LogP) is 2.59. The maximum absolute atomic E-state index is 12.1. The van der Waals surface area contributed by atoms with Gasteiger partial charge < -0.3 is 14.4 Å². The van der Waals surface area contributed by atoms with Gasteiger partial charge in [0.05, 0.1) is 6.61 Å². The normalized spacial score (nSPS) is 15.3. The molecular formula is C18H29N5O4. The van der Waals surface area contributed by atoms with E-state index in [-0.39, 0.29) is 17.6 Å². The van der Waals surface area contributed by atoms with Crippen molar-refractivity contribution in [2.24, 2.45) is 5.92 Å². The first kappa shape index (κ1) is 20.9. The lowest BCUT2D eigenvalue weighted by Gasteiger charge is -2.33. The van der Waals surface area contributed by atoms with Crippen LogP contribution >= 0.6 is 0 Å². The van der Waals surface area contributed by atoms with Gasteiger partial charge in [-0.25, -0.2) is 4.79 Å². The van der Waals surface area contributed by atoms with Crippen molar-refractivity contribution < 1.29 is 19.5 Å². The zero-order chi connectivity index (χ0) is 19.9. The Bertz CT molecular complexity index is 622.